The van der Waals surface area contributed by atoms with E-state index in [9.17, 15) is 4.79 Å². The topological polar surface area (TPSA) is 75.1 Å². The van der Waals surface area contributed by atoms with Crippen LogP contribution in [0.3, 0.4) is 0 Å². The second-order valence-electron chi connectivity index (χ2n) is 6.30. The number of carbonyl (C=O) groups is 1. The van der Waals surface area contributed by atoms with Gasteiger partial charge in [0.05, 0.1) is 11.1 Å². The second-order valence-corrected chi connectivity index (χ2v) is 8.40. The Bertz CT molecular complexity index is 1220. The average Bonchev–Trinajstić information content (AvgIpc) is 3.22. The summed E-state index contributed by atoms with van der Waals surface area (Å²) in [6.45, 7) is 2.02. The number of H-pyrrole nitrogens is 1. The zero-order valence-electron chi connectivity index (χ0n) is 15.2. The van der Waals surface area contributed by atoms with Crippen molar-refractivity contribution in [3.05, 3.63) is 74.9 Å². The van der Waals surface area contributed by atoms with E-state index in [0.717, 1.165) is 22.3 Å². The molecule has 2 heterocycles. The highest BCUT2D eigenvalue weighted by Crippen LogP contribution is 2.25. The number of aromatic nitrogens is 3. The summed E-state index contributed by atoms with van der Waals surface area (Å²) in [5, 5.41) is 14.2. The molecule has 0 atom stereocenters. The molecular weight excluding hydrogens is 422 g/mol. The number of benzene rings is 2. The van der Waals surface area contributed by atoms with E-state index in [0.29, 0.717) is 19.8 Å². The molecule has 29 heavy (non-hydrogen) atoms. The zero-order valence-corrected chi connectivity index (χ0v) is 17.7. The molecule has 0 aliphatic carbocycles. The summed E-state index contributed by atoms with van der Waals surface area (Å²) in [5.74, 6) is 0.486. The molecule has 1 saturated heterocycles. The summed E-state index contributed by atoms with van der Waals surface area (Å²) in [5.41, 5.74) is 3.86. The Hall–Kier alpha value is -2.88. The third-order valence-corrected chi connectivity index (χ3v) is 5.55. The highest BCUT2D eigenvalue weighted by atomic mass is 32.2. The van der Waals surface area contributed by atoms with Crippen LogP contribution in [0, 0.1) is 11.7 Å². The first-order valence-corrected chi connectivity index (χ1v) is 10.3. The molecule has 1 aliphatic rings. The molecule has 9 heteroatoms. The lowest BCUT2D eigenvalue weighted by atomic mass is 10.1. The number of nitrogens with zero attached hydrogens (tertiary/aromatic N) is 3. The molecule has 4 rings (SSSR count). The summed E-state index contributed by atoms with van der Waals surface area (Å²) in [7, 11) is 0. The smallest absolute Gasteiger partial charge is 0.263 e. The van der Waals surface area contributed by atoms with Crippen molar-refractivity contribution in [3.8, 4) is 11.4 Å². The molecular formula is C20H15N5OS3. The first kappa shape index (κ1) is 19.4. The van der Waals surface area contributed by atoms with Gasteiger partial charge in [0.15, 0.2) is 5.82 Å². The number of rotatable bonds is 4. The van der Waals surface area contributed by atoms with Crippen molar-refractivity contribution in [2.75, 3.05) is 0 Å². The summed E-state index contributed by atoms with van der Waals surface area (Å²) in [4.78, 5) is 12.3. The van der Waals surface area contributed by atoms with Gasteiger partial charge in [-0.15, -0.1) is 0 Å². The fourth-order valence-corrected chi connectivity index (χ4v) is 3.97. The van der Waals surface area contributed by atoms with Crippen molar-refractivity contribution in [1.82, 2.24) is 20.2 Å². The number of amides is 1. The van der Waals surface area contributed by atoms with Crippen LogP contribution in [-0.4, -0.2) is 31.3 Å². The monoisotopic (exact) mass is 437 g/mol. The van der Waals surface area contributed by atoms with Crippen LogP contribution in [0.2, 0.25) is 0 Å². The minimum atomic E-state index is -0.163. The molecule has 0 radical (unpaired) electrons. The van der Waals surface area contributed by atoms with Gasteiger partial charge in [0.2, 0.25) is 4.77 Å². The fraction of sp³-hybridized carbons (Fsp3) is 0.0500. The molecule has 0 unspecified atom stereocenters. The van der Waals surface area contributed by atoms with Crippen LogP contribution in [0.5, 0.6) is 0 Å². The Morgan fingerprint density at radius 2 is 1.90 bits per heavy atom. The lowest BCUT2D eigenvalue weighted by molar-refractivity contribution is -0.115. The summed E-state index contributed by atoms with van der Waals surface area (Å²) >= 11 is 11.6. The molecule has 2 aromatic carbocycles. The normalized spacial score (nSPS) is 15.4. The van der Waals surface area contributed by atoms with Crippen LogP contribution in [0.15, 0.2) is 58.5 Å². The van der Waals surface area contributed by atoms with E-state index in [2.05, 4.69) is 20.6 Å². The van der Waals surface area contributed by atoms with Gasteiger partial charge >= 0.3 is 0 Å². The van der Waals surface area contributed by atoms with Crippen molar-refractivity contribution in [3.63, 3.8) is 0 Å². The molecule has 1 aromatic heterocycles. The first-order chi connectivity index (χ1) is 14.0. The predicted octanol–water partition coefficient (Wildman–Crippen LogP) is 4.29. The fourth-order valence-electron chi connectivity index (χ4n) is 2.74. The van der Waals surface area contributed by atoms with E-state index >= 15 is 0 Å². The lowest BCUT2D eigenvalue weighted by Crippen LogP contribution is -2.17. The number of thioether (sulfide) groups is 1. The Kier molecular flexibility index (Phi) is 5.52. The molecule has 1 aliphatic heterocycles. The van der Waals surface area contributed by atoms with Gasteiger partial charge in [0.1, 0.15) is 4.32 Å². The first-order valence-electron chi connectivity index (χ1n) is 8.63. The van der Waals surface area contributed by atoms with E-state index in [4.69, 9.17) is 24.4 Å². The maximum absolute atomic E-state index is 11.8. The molecule has 6 nitrogen and oxygen atoms in total. The van der Waals surface area contributed by atoms with Gasteiger partial charge in [-0.1, -0.05) is 72.0 Å². The van der Waals surface area contributed by atoms with Crippen molar-refractivity contribution < 1.29 is 4.79 Å². The number of carbonyl (C=O) groups excluding carboxylic acids is 1. The van der Waals surface area contributed by atoms with E-state index in [1.54, 1.807) is 10.9 Å². The van der Waals surface area contributed by atoms with Crippen molar-refractivity contribution >= 4 is 58.7 Å². The van der Waals surface area contributed by atoms with Gasteiger partial charge in [-0.25, -0.2) is 5.10 Å². The number of hydrogen-bond acceptors (Lipinski definition) is 6. The van der Waals surface area contributed by atoms with Gasteiger partial charge in [-0.2, -0.15) is 14.9 Å². The third kappa shape index (κ3) is 4.42. The summed E-state index contributed by atoms with van der Waals surface area (Å²) < 4.78 is 2.49. The van der Waals surface area contributed by atoms with E-state index < -0.39 is 0 Å². The van der Waals surface area contributed by atoms with Crippen LogP contribution in [-0.2, 0) is 4.79 Å². The Balaban J connectivity index is 1.57. The van der Waals surface area contributed by atoms with Crippen molar-refractivity contribution in [1.29, 1.82) is 0 Å². The van der Waals surface area contributed by atoms with Crippen LogP contribution in [0.25, 0.3) is 17.5 Å². The van der Waals surface area contributed by atoms with Crippen LogP contribution in [0.1, 0.15) is 16.7 Å². The average molecular weight is 438 g/mol. The molecule has 0 spiro atoms. The highest BCUT2D eigenvalue weighted by molar-refractivity contribution is 8.26. The van der Waals surface area contributed by atoms with Crippen LogP contribution >= 0.6 is 36.2 Å². The van der Waals surface area contributed by atoms with Gasteiger partial charge in [0, 0.05) is 5.56 Å². The lowest BCUT2D eigenvalue weighted by Gasteiger charge is -2.02. The number of nitrogens with one attached hydrogen (secondary N) is 2. The van der Waals surface area contributed by atoms with E-state index in [1.165, 1.54) is 11.8 Å². The predicted molar refractivity (Wildman–Crippen MR) is 123 cm³/mol. The van der Waals surface area contributed by atoms with E-state index in [1.807, 2.05) is 61.5 Å². The standard InChI is InChI=1S/C20H15N5OS3/c1-12-3-2-4-15(9-12)17-23-24-19(27)25(17)21-11-14-7-5-13(6-8-14)10-16-18(26)22-20(28)29-16/h2-11H,1H3,(H,24,27)(H,22,26,28)/b16-10-,21-11+. The Labute approximate surface area is 181 Å². The SMILES string of the molecule is Cc1cccc(-c2n[nH]c(=S)n2/N=C/c2ccc(/C=C3\SC(=S)NC3=O)cc2)c1. The van der Waals surface area contributed by atoms with Crippen molar-refractivity contribution in [2.24, 2.45) is 5.10 Å². The Morgan fingerprint density at radius 3 is 2.59 bits per heavy atom. The Morgan fingerprint density at radius 1 is 1.14 bits per heavy atom. The zero-order chi connectivity index (χ0) is 20.4. The van der Waals surface area contributed by atoms with Gasteiger partial charge in [0.25, 0.3) is 5.91 Å². The van der Waals surface area contributed by atoms with Crippen LogP contribution in [0.4, 0.5) is 0 Å². The number of aryl methyl sites for hydroxylation is 1. The maximum atomic E-state index is 11.8. The van der Waals surface area contributed by atoms with Crippen LogP contribution < -0.4 is 5.32 Å². The second kappa shape index (κ2) is 8.24. The molecule has 1 fully saturated rings. The van der Waals surface area contributed by atoms with E-state index in [-0.39, 0.29) is 5.91 Å². The highest BCUT2D eigenvalue weighted by Gasteiger charge is 2.21. The minimum Gasteiger partial charge on any atom is -0.307 e. The van der Waals surface area contributed by atoms with Gasteiger partial charge in [-0.05, 0) is 42.4 Å². The molecule has 1 amide bonds. The molecule has 2 N–H and O–H groups in total. The molecule has 0 bridgehead atoms. The molecule has 3 aromatic rings. The van der Waals surface area contributed by atoms with Gasteiger partial charge < -0.3 is 5.32 Å². The van der Waals surface area contributed by atoms with Crippen molar-refractivity contribution in [2.45, 2.75) is 6.92 Å². The number of hydrogen-bond donors (Lipinski definition) is 2. The largest absolute Gasteiger partial charge is 0.307 e. The van der Waals surface area contributed by atoms with Gasteiger partial charge in [-0.3, -0.25) is 4.79 Å². The summed E-state index contributed by atoms with van der Waals surface area (Å²) in [6.07, 6.45) is 3.52. The quantitative estimate of drug-likeness (QED) is 0.362. The molecule has 0 saturated carbocycles. The maximum Gasteiger partial charge on any atom is 0.263 e. The third-order valence-electron chi connectivity index (χ3n) is 4.13. The minimum absolute atomic E-state index is 0.163. The number of thiocarbonyl (C=S) groups is 1. The molecule has 144 valence electrons. The summed E-state index contributed by atoms with van der Waals surface area (Å²) in [6, 6.07) is 15.7. The number of aromatic amines is 1.